The van der Waals surface area contributed by atoms with Gasteiger partial charge in [-0.15, -0.1) is 11.6 Å². The second-order valence-corrected chi connectivity index (χ2v) is 3.96. The number of hydrogen-bond donors (Lipinski definition) is 0. The Labute approximate surface area is 82.3 Å². The van der Waals surface area contributed by atoms with Crippen molar-refractivity contribution >= 4 is 23.4 Å². The molecular weight excluding hydrogens is 223 g/mol. The van der Waals surface area contributed by atoms with Gasteiger partial charge in [-0.05, 0) is 12.1 Å². The van der Waals surface area contributed by atoms with Crippen LogP contribution in [0.25, 0.3) is 0 Å². The molecule has 1 aromatic heterocycles. The van der Waals surface area contributed by atoms with Crippen LogP contribution in [-0.2, 0) is 0 Å². The summed E-state index contributed by atoms with van der Waals surface area (Å²) in [7, 11) is 0. The van der Waals surface area contributed by atoms with Crippen molar-refractivity contribution in [1.82, 2.24) is 4.98 Å². The molecule has 1 aromatic rings. The lowest BCUT2D eigenvalue weighted by Crippen LogP contribution is -2.19. The highest BCUT2D eigenvalue weighted by Gasteiger charge is 2.39. The van der Waals surface area contributed by atoms with Gasteiger partial charge in [0.2, 0.25) is 0 Å². The predicted octanol–water partition coefficient (Wildman–Crippen LogP) is 3.30. The molecule has 0 radical (unpaired) electrons. The van der Waals surface area contributed by atoms with Crippen molar-refractivity contribution in [2.45, 2.75) is 15.9 Å². The lowest BCUT2D eigenvalue weighted by Gasteiger charge is -2.11. The summed E-state index contributed by atoms with van der Waals surface area (Å²) in [5, 5.41) is 0.264. The minimum atomic E-state index is -4.40. The number of thioether (sulfide) groups is 1. The molecule has 0 fully saturated rings. The Morgan fingerprint density at radius 1 is 1.38 bits per heavy atom. The van der Waals surface area contributed by atoms with Crippen LogP contribution in [0.4, 0.5) is 13.2 Å². The Morgan fingerprint density at radius 2 is 2.08 bits per heavy atom. The van der Waals surface area contributed by atoms with E-state index >= 15 is 0 Å². The SMILES string of the molecule is FC(F)(F)[C@H](Cl)Sc1ccccn1. The zero-order valence-electron chi connectivity index (χ0n) is 6.25. The molecule has 72 valence electrons. The van der Waals surface area contributed by atoms with Crippen LogP contribution in [0.2, 0.25) is 0 Å². The largest absolute Gasteiger partial charge is 0.414 e. The molecule has 0 amide bonds. The van der Waals surface area contributed by atoms with Crippen molar-refractivity contribution in [2.75, 3.05) is 0 Å². The minimum Gasteiger partial charge on any atom is -0.250 e. The Bertz CT molecular complexity index is 264. The van der Waals surface area contributed by atoms with Gasteiger partial charge in [-0.2, -0.15) is 13.2 Å². The van der Waals surface area contributed by atoms with Gasteiger partial charge in [0.25, 0.3) is 0 Å². The monoisotopic (exact) mass is 227 g/mol. The second kappa shape index (κ2) is 4.19. The van der Waals surface area contributed by atoms with Crippen molar-refractivity contribution in [2.24, 2.45) is 0 Å². The van der Waals surface area contributed by atoms with Crippen LogP contribution in [0.3, 0.4) is 0 Å². The molecule has 0 N–H and O–H groups in total. The third kappa shape index (κ3) is 3.44. The van der Waals surface area contributed by atoms with Gasteiger partial charge in [0.05, 0.1) is 5.03 Å². The maximum absolute atomic E-state index is 12.0. The summed E-state index contributed by atoms with van der Waals surface area (Å²) in [5.41, 5.74) is 0. The number of pyridine rings is 1. The highest BCUT2D eigenvalue weighted by atomic mass is 35.5. The molecule has 1 atom stereocenters. The van der Waals surface area contributed by atoms with E-state index in [0.717, 1.165) is 0 Å². The number of halogens is 4. The third-order valence-corrected chi connectivity index (χ3v) is 2.59. The number of hydrogen-bond acceptors (Lipinski definition) is 2. The number of rotatable bonds is 2. The van der Waals surface area contributed by atoms with Crippen LogP contribution in [-0.4, -0.2) is 15.9 Å². The molecule has 0 saturated heterocycles. The van der Waals surface area contributed by atoms with Crippen LogP contribution in [0.15, 0.2) is 29.4 Å². The summed E-state index contributed by atoms with van der Waals surface area (Å²) >= 11 is 5.57. The molecule has 0 bridgehead atoms. The minimum absolute atomic E-state index is 0.264. The topological polar surface area (TPSA) is 12.9 Å². The van der Waals surface area contributed by atoms with Gasteiger partial charge in [0, 0.05) is 6.20 Å². The van der Waals surface area contributed by atoms with Crippen LogP contribution < -0.4 is 0 Å². The van der Waals surface area contributed by atoms with Gasteiger partial charge >= 0.3 is 6.18 Å². The van der Waals surface area contributed by atoms with Crippen LogP contribution in [0.1, 0.15) is 0 Å². The molecule has 0 aliphatic carbocycles. The fourth-order valence-electron chi connectivity index (χ4n) is 0.590. The van der Waals surface area contributed by atoms with Gasteiger partial charge in [0.1, 0.15) is 0 Å². The Hall–Kier alpha value is -0.420. The molecule has 1 nitrogen and oxygen atoms in total. The molecule has 0 aliphatic rings. The smallest absolute Gasteiger partial charge is 0.250 e. The van der Waals surface area contributed by atoms with Crippen LogP contribution in [0, 0.1) is 0 Å². The van der Waals surface area contributed by atoms with E-state index in [1.54, 1.807) is 12.1 Å². The first-order valence-electron chi connectivity index (χ1n) is 3.28. The van der Waals surface area contributed by atoms with E-state index in [2.05, 4.69) is 4.98 Å². The highest BCUT2D eigenvalue weighted by molar-refractivity contribution is 8.01. The lowest BCUT2D eigenvalue weighted by atomic mass is 10.5. The maximum Gasteiger partial charge on any atom is 0.414 e. The lowest BCUT2D eigenvalue weighted by molar-refractivity contribution is -0.113. The Balaban J connectivity index is 2.61. The van der Waals surface area contributed by atoms with Gasteiger partial charge < -0.3 is 0 Å². The molecular formula is C7H5ClF3NS. The molecule has 0 aliphatic heterocycles. The van der Waals surface area contributed by atoms with E-state index in [1.807, 2.05) is 0 Å². The summed E-state index contributed by atoms with van der Waals surface area (Å²) in [6, 6.07) is 4.71. The zero-order chi connectivity index (χ0) is 9.90. The van der Waals surface area contributed by atoms with E-state index in [9.17, 15) is 13.2 Å². The highest BCUT2D eigenvalue weighted by Crippen LogP contribution is 2.36. The fourth-order valence-corrected chi connectivity index (χ4v) is 1.49. The molecule has 0 saturated carbocycles. The maximum atomic E-state index is 12.0. The summed E-state index contributed by atoms with van der Waals surface area (Å²) in [5.74, 6) is 0. The van der Waals surface area contributed by atoms with Crippen molar-refractivity contribution in [1.29, 1.82) is 0 Å². The van der Waals surface area contributed by atoms with Crippen LogP contribution >= 0.6 is 23.4 Å². The number of nitrogens with zero attached hydrogens (tertiary/aromatic N) is 1. The fraction of sp³-hybridized carbons (Fsp3) is 0.286. The van der Waals surface area contributed by atoms with Gasteiger partial charge in [0.15, 0.2) is 4.71 Å². The molecule has 1 heterocycles. The molecule has 13 heavy (non-hydrogen) atoms. The second-order valence-electron chi connectivity index (χ2n) is 2.14. The molecule has 1 rings (SSSR count). The predicted molar refractivity (Wildman–Crippen MR) is 45.8 cm³/mol. The normalized spacial score (nSPS) is 14.2. The van der Waals surface area contributed by atoms with Crippen molar-refractivity contribution in [3.8, 4) is 0 Å². The van der Waals surface area contributed by atoms with E-state index in [-0.39, 0.29) is 5.03 Å². The van der Waals surface area contributed by atoms with Crippen LogP contribution in [0.5, 0.6) is 0 Å². The van der Waals surface area contributed by atoms with Crippen molar-refractivity contribution < 1.29 is 13.2 Å². The third-order valence-electron chi connectivity index (χ3n) is 1.12. The first-order valence-corrected chi connectivity index (χ1v) is 4.60. The summed E-state index contributed by atoms with van der Waals surface area (Å²) in [6.45, 7) is 0. The first kappa shape index (κ1) is 10.7. The average Bonchev–Trinajstić information content (AvgIpc) is 2.04. The Morgan fingerprint density at radius 3 is 2.54 bits per heavy atom. The van der Waals surface area contributed by atoms with E-state index in [0.29, 0.717) is 11.8 Å². The molecule has 0 aromatic carbocycles. The van der Waals surface area contributed by atoms with E-state index in [1.165, 1.54) is 12.3 Å². The summed E-state index contributed by atoms with van der Waals surface area (Å²) in [6.07, 6.45) is -2.98. The summed E-state index contributed by atoms with van der Waals surface area (Å²) in [4.78, 5) is 3.71. The van der Waals surface area contributed by atoms with Crippen molar-refractivity contribution in [3.63, 3.8) is 0 Å². The Kier molecular flexibility index (Phi) is 3.44. The number of alkyl halides is 4. The average molecular weight is 228 g/mol. The quantitative estimate of drug-likeness (QED) is 0.568. The summed E-state index contributed by atoms with van der Waals surface area (Å²) < 4.78 is 33.9. The standard InChI is InChI=1S/C7H5ClF3NS/c8-6(7(9,10)11)13-5-3-1-2-4-12-5/h1-4,6H/t6-/m1/s1. The van der Waals surface area contributed by atoms with E-state index < -0.39 is 10.9 Å². The van der Waals surface area contributed by atoms with Gasteiger partial charge in [-0.1, -0.05) is 17.8 Å². The first-order chi connectivity index (χ1) is 6.00. The molecule has 0 spiro atoms. The number of aromatic nitrogens is 1. The van der Waals surface area contributed by atoms with E-state index in [4.69, 9.17) is 11.6 Å². The van der Waals surface area contributed by atoms with Crippen molar-refractivity contribution in [3.05, 3.63) is 24.4 Å². The zero-order valence-corrected chi connectivity index (χ0v) is 7.83. The van der Waals surface area contributed by atoms with Gasteiger partial charge in [-0.3, -0.25) is 0 Å². The van der Waals surface area contributed by atoms with Gasteiger partial charge in [-0.25, -0.2) is 4.98 Å². The molecule has 6 heteroatoms. The molecule has 0 unspecified atom stereocenters.